The summed E-state index contributed by atoms with van der Waals surface area (Å²) in [4.78, 5) is 9.34. The topological polar surface area (TPSA) is 42.9 Å². The van der Waals surface area contributed by atoms with Crippen LogP contribution in [0.4, 0.5) is 13.2 Å². The van der Waals surface area contributed by atoms with Crippen molar-refractivity contribution in [3.63, 3.8) is 0 Å². The Morgan fingerprint density at radius 3 is 2.14 bits per heavy atom. The largest absolute Gasteiger partial charge is 0.416 e. The lowest BCUT2D eigenvalue weighted by molar-refractivity contribution is -0.137. The monoisotopic (exact) mass is 513 g/mol. The molecule has 5 nitrogen and oxygen atoms in total. The molecule has 0 aliphatic carbocycles. The van der Waals surface area contributed by atoms with E-state index in [1.807, 2.05) is 6.92 Å². The van der Waals surface area contributed by atoms with Gasteiger partial charge in [0.15, 0.2) is 5.96 Å². The van der Waals surface area contributed by atoms with E-state index in [1.165, 1.54) is 12.1 Å². The van der Waals surface area contributed by atoms with E-state index >= 15 is 0 Å². The second-order valence-electron chi connectivity index (χ2n) is 6.59. The van der Waals surface area contributed by atoms with Crippen molar-refractivity contribution in [1.82, 2.24) is 20.4 Å². The lowest BCUT2D eigenvalue weighted by atomic mass is 10.1. The molecule has 28 heavy (non-hydrogen) atoms. The Kier molecular flexibility index (Phi) is 11.1. The number of nitrogens with zero attached hydrogens (tertiary/aromatic N) is 3. The summed E-state index contributed by atoms with van der Waals surface area (Å²) in [5.74, 6) is 0.685. The number of benzene rings is 1. The lowest BCUT2D eigenvalue weighted by Crippen LogP contribution is -2.49. The number of nitrogens with one attached hydrogen (secondary N) is 2. The third kappa shape index (κ3) is 8.52. The number of rotatable bonds is 7. The molecule has 2 rings (SSSR count). The Morgan fingerprint density at radius 2 is 1.61 bits per heavy atom. The van der Waals surface area contributed by atoms with Gasteiger partial charge in [-0.05, 0) is 31.2 Å². The van der Waals surface area contributed by atoms with Crippen LogP contribution in [0, 0.1) is 0 Å². The predicted octanol–water partition coefficient (Wildman–Crippen LogP) is 3.02. The number of hydrogen-bond acceptors (Lipinski definition) is 3. The van der Waals surface area contributed by atoms with E-state index in [0.29, 0.717) is 12.5 Å². The summed E-state index contributed by atoms with van der Waals surface area (Å²) < 4.78 is 37.8. The molecule has 1 aromatic rings. The van der Waals surface area contributed by atoms with Gasteiger partial charge in [0, 0.05) is 45.8 Å². The van der Waals surface area contributed by atoms with Crippen molar-refractivity contribution in [3.8, 4) is 0 Å². The molecule has 9 heteroatoms. The molecule has 0 saturated carbocycles. The van der Waals surface area contributed by atoms with E-state index in [9.17, 15) is 13.2 Å². The zero-order valence-corrected chi connectivity index (χ0v) is 18.9. The number of likely N-dealkylation sites (N-methyl/N-ethyl adjacent to an activating group) is 1. The summed E-state index contributed by atoms with van der Waals surface area (Å²) in [7, 11) is 0. The molecule has 0 radical (unpaired) electrons. The molecule has 0 aromatic heterocycles. The Morgan fingerprint density at radius 1 is 1.00 bits per heavy atom. The molecule has 0 atom stereocenters. The molecule has 1 fully saturated rings. The molecule has 1 heterocycles. The van der Waals surface area contributed by atoms with E-state index in [-0.39, 0.29) is 24.0 Å². The molecule has 0 amide bonds. The molecular formula is C19H31F3IN5. The number of alkyl halides is 3. The highest BCUT2D eigenvalue weighted by molar-refractivity contribution is 14.0. The van der Waals surface area contributed by atoms with Crippen LogP contribution in [0.1, 0.15) is 25.0 Å². The SMILES string of the molecule is CCNC(=NCc1ccc(C(F)(F)F)cc1)NCCN1CCN(CC)CC1.I. The van der Waals surface area contributed by atoms with Crippen LogP contribution < -0.4 is 10.6 Å². The highest BCUT2D eigenvalue weighted by Crippen LogP contribution is 2.29. The van der Waals surface area contributed by atoms with Crippen molar-refractivity contribution in [3.05, 3.63) is 35.4 Å². The average molecular weight is 513 g/mol. The quantitative estimate of drug-likeness (QED) is 0.335. The van der Waals surface area contributed by atoms with Gasteiger partial charge in [0.25, 0.3) is 0 Å². The van der Waals surface area contributed by atoms with E-state index in [1.54, 1.807) is 0 Å². The van der Waals surface area contributed by atoms with Crippen molar-refractivity contribution in [2.45, 2.75) is 26.6 Å². The van der Waals surface area contributed by atoms with Crippen molar-refractivity contribution in [1.29, 1.82) is 0 Å². The minimum atomic E-state index is -4.30. The van der Waals surface area contributed by atoms with Gasteiger partial charge in [-0.25, -0.2) is 4.99 Å². The molecule has 1 aromatic carbocycles. The molecule has 1 saturated heterocycles. The van der Waals surface area contributed by atoms with Crippen LogP contribution >= 0.6 is 24.0 Å². The molecule has 2 N–H and O–H groups in total. The zero-order chi connectivity index (χ0) is 19.7. The maximum Gasteiger partial charge on any atom is 0.416 e. The third-order valence-electron chi connectivity index (χ3n) is 4.68. The van der Waals surface area contributed by atoms with Crippen LogP contribution in [0.2, 0.25) is 0 Å². The first-order valence-electron chi connectivity index (χ1n) is 9.55. The van der Waals surface area contributed by atoms with E-state index in [0.717, 1.165) is 70.1 Å². The normalized spacial score (nSPS) is 16.5. The zero-order valence-electron chi connectivity index (χ0n) is 16.6. The van der Waals surface area contributed by atoms with Crippen LogP contribution in [0.25, 0.3) is 0 Å². The number of aliphatic imine (C=N–C) groups is 1. The van der Waals surface area contributed by atoms with Gasteiger partial charge in [0.05, 0.1) is 12.1 Å². The summed E-state index contributed by atoms with van der Waals surface area (Å²) in [6.07, 6.45) is -4.30. The first kappa shape index (κ1) is 25.0. The van der Waals surface area contributed by atoms with Gasteiger partial charge in [-0.1, -0.05) is 19.1 Å². The highest BCUT2D eigenvalue weighted by Gasteiger charge is 2.29. The molecule has 0 bridgehead atoms. The summed E-state index contributed by atoms with van der Waals surface area (Å²) in [5.41, 5.74) is 0.110. The second-order valence-corrected chi connectivity index (χ2v) is 6.59. The van der Waals surface area contributed by atoms with Crippen LogP contribution in [-0.2, 0) is 12.7 Å². The maximum absolute atomic E-state index is 12.6. The molecular weight excluding hydrogens is 482 g/mol. The first-order chi connectivity index (χ1) is 12.9. The van der Waals surface area contributed by atoms with Crippen molar-refractivity contribution < 1.29 is 13.2 Å². The summed E-state index contributed by atoms with van der Waals surface area (Å²) in [6.45, 7) is 12.4. The number of halogens is 4. The van der Waals surface area contributed by atoms with Crippen molar-refractivity contribution in [2.24, 2.45) is 4.99 Å². The van der Waals surface area contributed by atoms with Gasteiger partial charge in [-0.2, -0.15) is 13.2 Å². The highest BCUT2D eigenvalue weighted by atomic mass is 127. The van der Waals surface area contributed by atoms with Crippen LogP contribution in [0.15, 0.2) is 29.3 Å². The number of guanidine groups is 1. The van der Waals surface area contributed by atoms with Gasteiger partial charge in [-0.3, -0.25) is 4.90 Å². The van der Waals surface area contributed by atoms with E-state index < -0.39 is 11.7 Å². The molecule has 0 unspecified atom stereocenters. The fraction of sp³-hybridized carbons (Fsp3) is 0.632. The summed E-state index contributed by atoms with van der Waals surface area (Å²) in [5, 5.41) is 6.48. The molecule has 0 spiro atoms. The van der Waals surface area contributed by atoms with Crippen molar-refractivity contribution in [2.75, 3.05) is 52.4 Å². The van der Waals surface area contributed by atoms with Crippen LogP contribution in [0.5, 0.6) is 0 Å². The molecule has 1 aliphatic heterocycles. The first-order valence-corrected chi connectivity index (χ1v) is 9.55. The fourth-order valence-electron chi connectivity index (χ4n) is 2.97. The molecule has 1 aliphatic rings. The van der Waals surface area contributed by atoms with Gasteiger partial charge in [-0.15, -0.1) is 24.0 Å². The smallest absolute Gasteiger partial charge is 0.357 e. The Bertz CT molecular complexity index is 584. The fourth-order valence-corrected chi connectivity index (χ4v) is 2.97. The van der Waals surface area contributed by atoms with Gasteiger partial charge >= 0.3 is 6.18 Å². The lowest BCUT2D eigenvalue weighted by Gasteiger charge is -2.34. The van der Waals surface area contributed by atoms with Gasteiger partial charge < -0.3 is 15.5 Å². The second kappa shape index (κ2) is 12.5. The number of piperazine rings is 1. The van der Waals surface area contributed by atoms with Crippen LogP contribution in [0.3, 0.4) is 0 Å². The Labute approximate surface area is 182 Å². The van der Waals surface area contributed by atoms with Gasteiger partial charge in [0.1, 0.15) is 0 Å². The maximum atomic E-state index is 12.6. The Hall–Kier alpha value is -1.07. The Balaban J connectivity index is 0.00000392. The molecule has 160 valence electrons. The minimum Gasteiger partial charge on any atom is -0.357 e. The van der Waals surface area contributed by atoms with E-state index in [2.05, 4.69) is 32.3 Å². The van der Waals surface area contributed by atoms with E-state index in [4.69, 9.17) is 0 Å². The standard InChI is InChI=1S/C19H30F3N5.HI/c1-3-23-18(24-9-10-27-13-11-26(4-2)12-14-27)25-15-16-5-7-17(8-6-16)19(20,21)22;/h5-8H,3-4,9-15H2,1-2H3,(H2,23,24,25);1H. The number of hydrogen-bond donors (Lipinski definition) is 2. The van der Waals surface area contributed by atoms with Gasteiger partial charge in [0.2, 0.25) is 0 Å². The summed E-state index contributed by atoms with van der Waals surface area (Å²) in [6, 6.07) is 5.15. The van der Waals surface area contributed by atoms with Crippen LogP contribution in [-0.4, -0.2) is 68.1 Å². The average Bonchev–Trinajstić information content (AvgIpc) is 2.66. The predicted molar refractivity (Wildman–Crippen MR) is 118 cm³/mol. The summed E-state index contributed by atoms with van der Waals surface area (Å²) >= 11 is 0. The van der Waals surface area contributed by atoms with Crippen molar-refractivity contribution >= 4 is 29.9 Å². The minimum absolute atomic E-state index is 0. The third-order valence-corrected chi connectivity index (χ3v) is 4.68.